The highest BCUT2D eigenvalue weighted by atomic mass is 14.9. The molecule has 0 aromatic carbocycles. The van der Waals surface area contributed by atoms with E-state index in [1.54, 1.807) is 0 Å². The molecule has 0 aromatic rings. The molecule has 2 fully saturated rings. The van der Waals surface area contributed by atoms with E-state index >= 15 is 0 Å². The van der Waals surface area contributed by atoms with Crippen molar-refractivity contribution in [2.24, 2.45) is 11.8 Å². The van der Waals surface area contributed by atoms with Crippen LogP contribution in [0, 0.1) is 11.8 Å². The van der Waals surface area contributed by atoms with Crippen LogP contribution in [-0.4, -0.2) is 26.2 Å². The van der Waals surface area contributed by atoms with E-state index < -0.39 is 0 Å². The lowest BCUT2D eigenvalue weighted by Crippen LogP contribution is -2.34. The van der Waals surface area contributed by atoms with E-state index in [0.29, 0.717) is 0 Å². The standard InChI is InChI=1S/2C8H17N.2C2H6/c1-7-4-3-5-8(6-7)9-2;1-7-5-3-4-6-8(7)9-2;2*1-2/h2*7-9H,3-6H2,1-2H3;2*1-2H3. The average Bonchev–Trinajstić information content (AvgIpc) is 2.59. The molecule has 0 radical (unpaired) electrons. The Balaban J connectivity index is 0. The molecule has 0 amide bonds. The summed E-state index contributed by atoms with van der Waals surface area (Å²) in [6.07, 6.45) is 11.3. The van der Waals surface area contributed by atoms with E-state index in [4.69, 9.17) is 0 Å². The molecule has 2 N–H and O–H groups in total. The van der Waals surface area contributed by atoms with Crippen LogP contribution >= 0.6 is 0 Å². The largest absolute Gasteiger partial charge is 0.317 e. The molecule has 136 valence electrons. The Hall–Kier alpha value is -0.0800. The van der Waals surface area contributed by atoms with Gasteiger partial charge in [0.15, 0.2) is 0 Å². The van der Waals surface area contributed by atoms with Crippen molar-refractivity contribution in [1.82, 2.24) is 10.6 Å². The Morgan fingerprint density at radius 3 is 1.64 bits per heavy atom. The molecule has 0 aliphatic heterocycles. The molecule has 2 saturated carbocycles. The maximum Gasteiger partial charge on any atom is 0.00896 e. The smallest absolute Gasteiger partial charge is 0.00896 e. The zero-order chi connectivity index (χ0) is 17.4. The summed E-state index contributed by atoms with van der Waals surface area (Å²) < 4.78 is 0. The van der Waals surface area contributed by atoms with Gasteiger partial charge in [0.25, 0.3) is 0 Å². The van der Waals surface area contributed by atoms with Crippen LogP contribution in [0.25, 0.3) is 0 Å². The molecule has 2 heteroatoms. The third kappa shape index (κ3) is 11.5. The van der Waals surface area contributed by atoms with Crippen molar-refractivity contribution in [1.29, 1.82) is 0 Å². The Kier molecular flexibility index (Phi) is 19.0. The molecule has 2 rings (SSSR count). The molecule has 2 nitrogen and oxygen atoms in total. The van der Waals surface area contributed by atoms with Gasteiger partial charge in [-0.1, -0.05) is 67.2 Å². The van der Waals surface area contributed by atoms with E-state index in [-0.39, 0.29) is 0 Å². The molecule has 0 heterocycles. The van der Waals surface area contributed by atoms with Gasteiger partial charge in [0, 0.05) is 12.1 Å². The van der Waals surface area contributed by atoms with Gasteiger partial charge in [-0.2, -0.15) is 0 Å². The van der Waals surface area contributed by atoms with Crippen LogP contribution in [0.15, 0.2) is 0 Å². The van der Waals surface area contributed by atoms with Crippen LogP contribution < -0.4 is 10.6 Å². The lowest BCUT2D eigenvalue weighted by Gasteiger charge is -2.27. The first-order chi connectivity index (χ1) is 10.7. The van der Waals surface area contributed by atoms with Gasteiger partial charge in [-0.25, -0.2) is 0 Å². The summed E-state index contributed by atoms with van der Waals surface area (Å²) in [5.41, 5.74) is 0. The molecule has 0 saturated heterocycles. The molecule has 0 spiro atoms. The van der Waals surface area contributed by atoms with Crippen LogP contribution in [0.5, 0.6) is 0 Å². The second-order valence-electron chi connectivity index (χ2n) is 6.41. The zero-order valence-electron chi connectivity index (χ0n) is 17.0. The summed E-state index contributed by atoms with van der Waals surface area (Å²) in [6, 6.07) is 1.62. The first-order valence-electron chi connectivity index (χ1n) is 10.0. The Bertz CT molecular complexity index is 206. The van der Waals surface area contributed by atoms with Gasteiger partial charge in [-0.15, -0.1) is 0 Å². The first-order valence-corrected chi connectivity index (χ1v) is 10.0. The molecule has 2 aliphatic carbocycles. The monoisotopic (exact) mass is 314 g/mol. The lowest BCUT2D eigenvalue weighted by atomic mass is 9.86. The average molecular weight is 315 g/mol. The summed E-state index contributed by atoms with van der Waals surface area (Å²) in [7, 11) is 4.15. The van der Waals surface area contributed by atoms with Gasteiger partial charge in [0.1, 0.15) is 0 Å². The van der Waals surface area contributed by atoms with Gasteiger partial charge in [-0.3, -0.25) is 0 Å². The van der Waals surface area contributed by atoms with E-state index in [9.17, 15) is 0 Å². The second-order valence-corrected chi connectivity index (χ2v) is 6.41. The molecule has 0 aromatic heterocycles. The highest BCUT2D eigenvalue weighted by Gasteiger charge is 2.18. The summed E-state index contributed by atoms with van der Waals surface area (Å²) in [5, 5.41) is 6.69. The molecule has 4 atom stereocenters. The number of hydrogen-bond acceptors (Lipinski definition) is 2. The quantitative estimate of drug-likeness (QED) is 0.691. The van der Waals surface area contributed by atoms with Gasteiger partial charge in [-0.05, 0) is 51.6 Å². The van der Waals surface area contributed by atoms with Crippen LogP contribution in [0.4, 0.5) is 0 Å². The normalized spacial score (nSPS) is 30.5. The fraction of sp³-hybridized carbons (Fsp3) is 1.00. The van der Waals surface area contributed by atoms with Crippen molar-refractivity contribution < 1.29 is 0 Å². The maximum absolute atomic E-state index is 3.35. The molecule has 22 heavy (non-hydrogen) atoms. The molecular weight excluding hydrogens is 268 g/mol. The van der Waals surface area contributed by atoms with Crippen molar-refractivity contribution in [3.8, 4) is 0 Å². The molecular formula is C20H46N2. The van der Waals surface area contributed by atoms with E-state index in [1.807, 2.05) is 27.7 Å². The first kappa shape index (κ1) is 24.2. The van der Waals surface area contributed by atoms with Gasteiger partial charge in [0.2, 0.25) is 0 Å². The molecule has 0 bridgehead atoms. The molecule has 4 unspecified atom stereocenters. The van der Waals surface area contributed by atoms with Crippen LogP contribution in [0.1, 0.15) is 92.9 Å². The predicted octanol–water partition coefficient (Wildman–Crippen LogP) is 5.62. The van der Waals surface area contributed by atoms with Crippen LogP contribution in [0.3, 0.4) is 0 Å². The SMILES string of the molecule is CC.CC.CNC1CCCC(C)C1.CNC1CCCCC1C. The lowest BCUT2D eigenvalue weighted by molar-refractivity contribution is 0.294. The Morgan fingerprint density at radius 1 is 0.682 bits per heavy atom. The third-order valence-electron chi connectivity index (χ3n) is 4.83. The van der Waals surface area contributed by atoms with Crippen molar-refractivity contribution in [2.75, 3.05) is 14.1 Å². The minimum absolute atomic E-state index is 0.804. The maximum atomic E-state index is 3.35. The van der Waals surface area contributed by atoms with E-state index in [1.165, 1.54) is 51.4 Å². The van der Waals surface area contributed by atoms with Crippen LogP contribution in [0.2, 0.25) is 0 Å². The van der Waals surface area contributed by atoms with E-state index in [2.05, 4.69) is 38.6 Å². The Morgan fingerprint density at radius 2 is 1.27 bits per heavy atom. The summed E-state index contributed by atoms with van der Waals surface area (Å²) in [6.45, 7) is 12.7. The zero-order valence-corrected chi connectivity index (χ0v) is 17.0. The topological polar surface area (TPSA) is 24.1 Å². The van der Waals surface area contributed by atoms with E-state index in [0.717, 1.165) is 23.9 Å². The van der Waals surface area contributed by atoms with Gasteiger partial charge in [0.05, 0.1) is 0 Å². The Labute approximate surface area is 142 Å². The summed E-state index contributed by atoms with van der Waals surface area (Å²) in [5.74, 6) is 1.86. The van der Waals surface area contributed by atoms with Crippen molar-refractivity contribution in [3.05, 3.63) is 0 Å². The number of hydrogen-bond donors (Lipinski definition) is 2. The minimum Gasteiger partial charge on any atom is -0.317 e. The highest BCUT2D eigenvalue weighted by molar-refractivity contribution is 4.76. The van der Waals surface area contributed by atoms with Gasteiger partial charge < -0.3 is 10.6 Å². The highest BCUT2D eigenvalue weighted by Crippen LogP contribution is 2.23. The minimum atomic E-state index is 0.804. The second kappa shape index (κ2) is 17.3. The van der Waals surface area contributed by atoms with Crippen molar-refractivity contribution >= 4 is 0 Å². The summed E-state index contributed by atoms with van der Waals surface area (Å²) in [4.78, 5) is 0. The van der Waals surface area contributed by atoms with Crippen molar-refractivity contribution in [3.63, 3.8) is 0 Å². The number of rotatable bonds is 2. The third-order valence-corrected chi connectivity index (χ3v) is 4.83. The fourth-order valence-corrected chi connectivity index (χ4v) is 3.44. The van der Waals surface area contributed by atoms with Crippen LogP contribution in [-0.2, 0) is 0 Å². The summed E-state index contributed by atoms with van der Waals surface area (Å²) >= 11 is 0. The fourth-order valence-electron chi connectivity index (χ4n) is 3.44. The number of nitrogens with one attached hydrogen (secondary N) is 2. The van der Waals surface area contributed by atoms with Gasteiger partial charge >= 0.3 is 0 Å². The van der Waals surface area contributed by atoms with Crippen molar-refractivity contribution in [2.45, 2.75) is 105 Å². The predicted molar refractivity (Wildman–Crippen MR) is 104 cm³/mol. The molecule has 2 aliphatic rings.